The molecule has 10 heteroatoms. The lowest BCUT2D eigenvalue weighted by molar-refractivity contribution is -0.140. The van der Waals surface area contributed by atoms with Crippen molar-refractivity contribution in [3.05, 3.63) is 88.9 Å². The molecule has 0 aliphatic heterocycles. The van der Waals surface area contributed by atoms with Gasteiger partial charge in [-0.25, -0.2) is 8.42 Å². The molecule has 0 fully saturated rings. The first kappa shape index (κ1) is 32.0. The highest BCUT2D eigenvalue weighted by Gasteiger charge is 2.33. The molecule has 2 amide bonds. The number of ether oxygens (including phenoxy) is 1. The normalized spacial score (nSPS) is 12.4. The fraction of sp³-hybridized carbons (Fsp3) is 0.355. The highest BCUT2D eigenvalue weighted by Crippen LogP contribution is 2.26. The van der Waals surface area contributed by atoms with Crippen molar-refractivity contribution in [1.29, 1.82) is 0 Å². The number of amides is 2. The Morgan fingerprint density at radius 2 is 1.54 bits per heavy atom. The number of nitrogens with one attached hydrogen (secondary N) is 1. The Kier molecular flexibility index (Phi) is 10.4. The van der Waals surface area contributed by atoms with E-state index >= 15 is 0 Å². The van der Waals surface area contributed by atoms with Crippen LogP contribution in [0.25, 0.3) is 0 Å². The Hall–Kier alpha value is -3.56. The predicted molar refractivity (Wildman–Crippen MR) is 163 cm³/mol. The molecule has 1 atom stereocenters. The standard InChI is InChI=1S/C31H38ClN3O5S/c1-7-40-27-16-18-28(19-17-27)41(38,39)35(26-14-8-22(2)9-15-26)21-29(36)34(20-24-10-12-25(32)13-11-24)23(3)30(37)33-31(4,5)6/h8-19,23H,7,20-21H2,1-6H3,(H,33,37). The summed E-state index contributed by atoms with van der Waals surface area (Å²) in [7, 11) is -4.17. The quantitative estimate of drug-likeness (QED) is 0.311. The van der Waals surface area contributed by atoms with Crippen LogP contribution in [0.4, 0.5) is 5.69 Å². The van der Waals surface area contributed by atoms with Gasteiger partial charge in [-0.1, -0.05) is 41.4 Å². The van der Waals surface area contributed by atoms with Gasteiger partial charge in [-0.15, -0.1) is 0 Å². The van der Waals surface area contributed by atoms with E-state index in [-0.39, 0.29) is 17.3 Å². The summed E-state index contributed by atoms with van der Waals surface area (Å²) < 4.78 is 34.4. The summed E-state index contributed by atoms with van der Waals surface area (Å²) in [5.41, 5.74) is 1.49. The lowest BCUT2D eigenvalue weighted by Crippen LogP contribution is -2.54. The van der Waals surface area contributed by atoms with E-state index in [0.717, 1.165) is 15.4 Å². The zero-order valence-electron chi connectivity index (χ0n) is 24.3. The van der Waals surface area contributed by atoms with Crippen LogP contribution in [-0.4, -0.2) is 49.9 Å². The summed E-state index contributed by atoms with van der Waals surface area (Å²) in [5, 5.41) is 3.45. The highest BCUT2D eigenvalue weighted by atomic mass is 35.5. The van der Waals surface area contributed by atoms with Crippen molar-refractivity contribution in [2.75, 3.05) is 17.5 Å². The minimum absolute atomic E-state index is 0.0112. The van der Waals surface area contributed by atoms with Crippen molar-refractivity contribution in [3.8, 4) is 5.75 Å². The van der Waals surface area contributed by atoms with Gasteiger partial charge in [0.25, 0.3) is 10.0 Å². The maximum Gasteiger partial charge on any atom is 0.264 e. The van der Waals surface area contributed by atoms with Gasteiger partial charge in [-0.2, -0.15) is 0 Å². The molecule has 0 radical (unpaired) electrons. The number of benzene rings is 3. The summed E-state index contributed by atoms with van der Waals surface area (Å²) in [6.45, 7) is 10.9. The first-order chi connectivity index (χ1) is 19.2. The van der Waals surface area contributed by atoms with E-state index < -0.39 is 34.1 Å². The third-order valence-electron chi connectivity index (χ3n) is 6.26. The van der Waals surface area contributed by atoms with Crippen molar-refractivity contribution in [2.45, 2.75) is 64.6 Å². The molecule has 0 spiro atoms. The molecule has 0 aliphatic carbocycles. The molecule has 3 rings (SSSR count). The van der Waals surface area contributed by atoms with Gasteiger partial charge in [0.1, 0.15) is 18.3 Å². The van der Waals surface area contributed by atoms with Crippen LogP contribution in [0.2, 0.25) is 5.02 Å². The minimum Gasteiger partial charge on any atom is -0.494 e. The molecule has 3 aromatic rings. The van der Waals surface area contributed by atoms with E-state index in [0.29, 0.717) is 23.1 Å². The average Bonchev–Trinajstić information content (AvgIpc) is 2.91. The van der Waals surface area contributed by atoms with Crippen LogP contribution >= 0.6 is 11.6 Å². The van der Waals surface area contributed by atoms with Crippen LogP contribution in [0, 0.1) is 6.92 Å². The van der Waals surface area contributed by atoms with Crippen molar-refractivity contribution in [1.82, 2.24) is 10.2 Å². The third kappa shape index (κ3) is 8.71. The van der Waals surface area contributed by atoms with E-state index in [4.69, 9.17) is 16.3 Å². The Morgan fingerprint density at radius 3 is 2.07 bits per heavy atom. The summed E-state index contributed by atoms with van der Waals surface area (Å²) in [4.78, 5) is 28.6. The molecule has 41 heavy (non-hydrogen) atoms. The van der Waals surface area contributed by atoms with E-state index in [1.54, 1.807) is 67.6 Å². The molecule has 0 aromatic heterocycles. The van der Waals surface area contributed by atoms with Crippen LogP contribution in [0.1, 0.15) is 45.7 Å². The summed E-state index contributed by atoms with van der Waals surface area (Å²) in [5.74, 6) is -0.347. The van der Waals surface area contributed by atoms with Gasteiger partial charge in [-0.05, 0) is 95.6 Å². The van der Waals surface area contributed by atoms with E-state index in [2.05, 4.69) is 5.32 Å². The van der Waals surface area contributed by atoms with Gasteiger partial charge in [0, 0.05) is 17.1 Å². The molecule has 0 bridgehead atoms. The Balaban J connectivity index is 2.02. The Labute approximate surface area is 248 Å². The fourth-order valence-corrected chi connectivity index (χ4v) is 5.62. The van der Waals surface area contributed by atoms with Crippen LogP contribution in [-0.2, 0) is 26.2 Å². The van der Waals surface area contributed by atoms with Gasteiger partial charge in [0.2, 0.25) is 11.8 Å². The topological polar surface area (TPSA) is 96.0 Å². The number of hydrogen-bond donors (Lipinski definition) is 1. The molecule has 3 aromatic carbocycles. The number of carbonyl (C=O) groups is 2. The van der Waals surface area contributed by atoms with E-state index in [1.807, 2.05) is 34.6 Å². The smallest absolute Gasteiger partial charge is 0.264 e. The number of aryl methyl sites for hydroxylation is 1. The lowest BCUT2D eigenvalue weighted by Gasteiger charge is -2.33. The molecule has 0 heterocycles. The predicted octanol–water partition coefficient (Wildman–Crippen LogP) is 5.57. The number of sulfonamides is 1. The molecular weight excluding hydrogens is 562 g/mol. The molecule has 220 valence electrons. The van der Waals surface area contributed by atoms with Crippen molar-refractivity contribution < 1.29 is 22.7 Å². The van der Waals surface area contributed by atoms with Crippen LogP contribution < -0.4 is 14.4 Å². The number of anilines is 1. The minimum atomic E-state index is -4.17. The Bertz CT molecular complexity index is 1440. The molecular formula is C31H38ClN3O5S. The summed E-state index contributed by atoms with van der Waals surface area (Å²) in [6.07, 6.45) is 0. The van der Waals surface area contributed by atoms with Crippen LogP contribution in [0.15, 0.2) is 77.7 Å². The van der Waals surface area contributed by atoms with Crippen LogP contribution in [0.3, 0.4) is 0 Å². The number of carbonyl (C=O) groups excluding carboxylic acids is 2. The van der Waals surface area contributed by atoms with Gasteiger partial charge in [0.15, 0.2) is 0 Å². The number of halogens is 1. The van der Waals surface area contributed by atoms with Crippen molar-refractivity contribution in [3.63, 3.8) is 0 Å². The molecule has 0 saturated carbocycles. The second kappa shape index (κ2) is 13.4. The first-order valence-corrected chi connectivity index (χ1v) is 15.2. The summed E-state index contributed by atoms with van der Waals surface area (Å²) in [6, 6.07) is 19.0. The number of hydrogen-bond acceptors (Lipinski definition) is 5. The molecule has 8 nitrogen and oxygen atoms in total. The maximum atomic E-state index is 14.0. The number of rotatable bonds is 11. The third-order valence-corrected chi connectivity index (χ3v) is 8.30. The second-order valence-corrected chi connectivity index (χ2v) is 13.1. The largest absolute Gasteiger partial charge is 0.494 e. The SMILES string of the molecule is CCOc1ccc(S(=O)(=O)N(CC(=O)N(Cc2ccc(Cl)cc2)C(C)C(=O)NC(C)(C)C)c2ccc(C)cc2)cc1. The monoisotopic (exact) mass is 599 g/mol. The number of nitrogens with zero attached hydrogens (tertiary/aromatic N) is 2. The van der Waals surface area contributed by atoms with Gasteiger partial charge >= 0.3 is 0 Å². The van der Waals surface area contributed by atoms with Crippen molar-refractivity contribution in [2.24, 2.45) is 0 Å². The van der Waals surface area contributed by atoms with Gasteiger partial charge < -0.3 is 15.0 Å². The van der Waals surface area contributed by atoms with E-state index in [9.17, 15) is 18.0 Å². The highest BCUT2D eigenvalue weighted by molar-refractivity contribution is 7.92. The lowest BCUT2D eigenvalue weighted by atomic mass is 10.1. The molecule has 0 saturated heterocycles. The van der Waals surface area contributed by atoms with Gasteiger partial charge in [-0.3, -0.25) is 13.9 Å². The zero-order chi connectivity index (χ0) is 30.4. The molecule has 1 N–H and O–H groups in total. The van der Waals surface area contributed by atoms with E-state index in [1.165, 1.54) is 17.0 Å². The fourth-order valence-electron chi connectivity index (χ4n) is 4.08. The second-order valence-electron chi connectivity index (χ2n) is 10.8. The van der Waals surface area contributed by atoms with Gasteiger partial charge in [0.05, 0.1) is 17.2 Å². The van der Waals surface area contributed by atoms with Crippen LogP contribution in [0.5, 0.6) is 5.75 Å². The summed E-state index contributed by atoms with van der Waals surface area (Å²) >= 11 is 6.05. The van der Waals surface area contributed by atoms with Crippen molar-refractivity contribution >= 4 is 39.1 Å². The Morgan fingerprint density at radius 1 is 0.951 bits per heavy atom. The first-order valence-electron chi connectivity index (χ1n) is 13.4. The molecule has 0 aliphatic rings. The maximum absolute atomic E-state index is 14.0. The molecule has 1 unspecified atom stereocenters. The zero-order valence-corrected chi connectivity index (χ0v) is 25.9. The average molecular weight is 600 g/mol.